The third-order valence-electron chi connectivity index (χ3n) is 4.50. The highest BCUT2D eigenvalue weighted by atomic mass is 16.3. The SMILES string of the molecule is CCN1C(=O)CCc2cc(NC(=O)c3cc4ccccc4o3)ccc21. The Morgan fingerprint density at radius 2 is 2.00 bits per heavy atom. The lowest BCUT2D eigenvalue weighted by Gasteiger charge is -2.28. The van der Waals surface area contributed by atoms with Crippen LogP contribution in [0.2, 0.25) is 0 Å². The maximum atomic E-state index is 12.5. The first-order chi connectivity index (χ1) is 12.2. The molecule has 1 aliphatic rings. The van der Waals surface area contributed by atoms with Crippen LogP contribution in [-0.2, 0) is 11.2 Å². The van der Waals surface area contributed by atoms with Gasteiger partial charge in [0.2, 0.25) is 5.91 Å². The van der Waals surface area contributed by atoms with Crippen LogP contribution in [0.1, 0.15) is 29.5 Å². The third kappa shape index (κ3) is 2.78. The summed E-state index contributed by atoms with van der Waals surface area (Å²) in [4.78, 5) is 26.2. The minimum absolute atomic E-state index is 0.147. The number of aryl methyl sites for hydroxylation is 1. The highest BCUT2D eigenvalue weighted by Crippen LogP contribution is 2.30. The Hall–Kier alpha value is -3.08. The first-order valence-corrected chi connectivity index (χ1v) is 8.39. The normalized spacial score (nSPS) is 13.8. The number of furan rings is 1. The summed E-state index contributed by atoms with van der Waals surface area (Å²) in [5.74, 6) is 0.147. The topological polar surface area (TPSA) is 62.6 Å². The van der Waals surface area contributed by atoms with Crippen LogP contribution in [-0.4, -0.2) is 18.4 Å². The molecule has 0 saturated carbocycles. The second kappa shape index (κ2) is 6.09. The monoisotopic (exact) mass is 334 g/mol. The van der Waals surface area contributed by atoms with E-state index in [0.29, 0.717) is 30.7 Å². The molecule has 0 fully saturated rings. The van der Waals surface area contributed by atoms with Crippen LogP contribution in [0.25, 0.3) is 11.0 Å². The molecule has 5 nitrogen and oxygen atoms in total. The van der Waals surface area contributed by atoms with Gasteiger partial charge in [-0.1, -0.05) is 18.2 Å². The molecule has 0 unspecified atom stereocenters. The first-order valence-electron chi connectivity index (χ1n) is 8.39. The largest absolute Gasteiger partial charge is 0.451 e. The van der Waals surface area contributed by atoms with Crippen molar-refractivity contribution >= 4 is 34.2 Å². The number of benzene rings is 2. The van der Waals surface area contributed by atoms with Crippen molar-refractivity contribution in [1.29, 1.82) is 0 Å². The van der Waals surface area contributed by atoms with Gasteiger partial charge in [0, 0.05) is 29.7 Å². The summed E-state index contributed by atoms with van der Waals surface area (Å²) in [5, 5.41) is 3.78. The molecule has 0 aliphatic carbocycles. The van der Waals surface area contributed by atoms with Gasteiger partial charge in [0.25, 0.3) is 5.91 Å². The van der Waals surface area contributed by atoms with Crippen molar-refractivity contribution in [1.82, 2.24) is 0 Å². The van der Waals surface area contributed by atoms with Gasteiger partial charge in [-0.25, -0.2) is 0 Å². The number of amides is 2. The van der Waals surface area contributed by atoms with Gasteiger partial charge in [0.15, 0.2) is 5.76 Å². The first kappa shape index (κ1) is 15.4. The van der Waals surface area contributed by atoms with Gasteiger partial charge in [0.05, 0.1) is 0 Å². The number of rotatable bonds is 3. The van der Waals surface area contributed by atoms with E-state index in [0.717, 1.165) is 16.6 Å². The van der Waals surface area contributed by atoms with Gasteiger partial charge in [-0.2, -0.15) is 0 Å². The van der Waals surface area contributed by atoms with E-state index in [-0.39, 0.29) is 17.6 Å². The van der Waals surface area contributed by atoms with Crippen LogP contribution in [0.3, 0.4) is 0 Å². The number of fused-ring (bicyclic) bond motifs is 2. The Balaban J connectivity index is 1.58. The molecule has 0 spiro atoms. The van der Waals surface area contributed by atoms with E-state index < -0.39 is 0 Å². The van der Waals surface area contributed by atoms with Crippen molar-refractivity contribution in [3.8, 4) is 0 Å². The van der Waals surface area contributed by atoms with E-state index in [9.17, 15) is 9.59 Å². The molecule has 0 atom stereocenters. The van der Waals surface area contributed by atoms with Gasteiger partial charge < -0.3 is 14.6 Å². The average molecular weight is 334 g/mol. The fourth-order valence-corrected chi connectivity index (χ4v) is 3.27. The zero-order valence-electron chi connectivity index (χ0n) is 13.9. The lowest BCUT2D eigenvalue weighted by atomic mass is 10.0. The smallest absolute Gasteiger partial charge is 0.291 e. The van der Waals surface area contributed by atoms with Crippen molar-refractivity contribution in [2.24, 2.45) is 0 Å². The molecular formula is C20H18N2O3. The minimum Gasteiger partial charge on any atom is -0.451 e. The number of hydrogen-bond donors (Lipinski definition) is 1. The van der Waals surface area contributed by atoms with Crippen molar-refractivity contribution in [3.05, 3.63) is 59.9 Å². The summed E-state index contributed by atoms with van der Waals surface area (Å²) in [6.45, 7) is 2.61. The number of nitrogens with zero attached hydrogens (tertiary/aromatic N) is 1. The number of hydrogen-bond acceptors (Lipinski definition) is 3. The molecule has 2 aromatic carbocycles. The molecule has 126 valence electrons. The maximum Gasteiger partial charge on any atom is 0.291 e. The minimum atomic E-state index is -0.282. The summed E-state index contributed by atoms with van der Waals surface area (Å²) in [6.07, 6.45) is 1.20. The Morgan fingerprint density at radius 1 is 1.16 bits per heavy atom. The second-order valence-corrected chi connectivity index (χ2v) is 6.08. The van der Waals surface area contributed by atoms with E-state index in [1.165, 1.54) is 0 Å². The summed E-state index contributed by atoms with van der Waals surface area (Å²) in [6, 6.07) is 14.9. The van der Waals surface area contributed by atoms with Crippen molar-refractivity contribution in [3.63, 3.8) is 0 Å². The van der Waals surface area contributed by atoms with Crippen LogP contribution in [0, 0.1) is 0 Å². The number of carbonyl (C=O) groups is 2. The number of para-hydroxylation sites is 1. The molecular weight excluding hydrogens is 316 g/mol. The summed E-state index contributed by atoms with van der Waals surface area (Å²) < 4.78 is 5.60. The molecule has 0 bridgehead atoms. The fourth-order valence-electron chi connectivity index (χ4n) is 3.27. The Kier molecular flexibility index (Phi) is 3.76. The van der Waals surface area contributed by atoms with Gasteiger partial charge in [-0.15, -0.1) is 0 Å². The molecule has 1 aliphatic heterocycles. The van der Waals surface area contributed by atoms with Crippen LogP contribution >= 0.6 is 0 Å². The Morgan fingerprint density at radius 3 is 2.80 bits per heavy atom. The predicted molar refractivity (Wildman–Crippen MR) is 97.0 cm³/mol. The molecule has 2 heterocycles. The molecule has 25 heavy (non-hydrogen) atoms. The lowest BCUT2D eigenvalue weighted by Crippen LogP contribution is -2.34. The highest BCUT2D eigenvalue weighted by Gasteiger charge is 2.23. The second-order valence-electron chi connectivity index (χ2n) is 6.08. The van der Waals surface area contributed by atoms with Gasteiger partial charge in [0.1, 0.15) is 5.58 Å². The standard InChI is InChI=1S/C20H18N2O3/c1-2-22-16-9-8-15(11-13(16)7-10-19(22)23)21-20(24)18-12-14-5-3-4-6-17(14)25-18/h3-6,8-9,11-12H,2,7,10H2,1H3,(H,21,24). The quantitative estimate of drug-likeness (QED) is 0.788. The van der Waals surface area contributed by atoms with Crippen molar-refractivity contribution in [2.45, 2.75) is 19.8 Å². The van der Waals surface area contributed by atoms with Crippen LogP contribution < -0.4 is 10.2 Å². The summed E-state index contributed by atoms with van der Waals surface area (Å²) >= 11 is 0. The predicted octanol–water partition coefficient (Wildman–Crippen LogP) is 3.98. The molecule has 2 amide bonds. The van der Waals surface area contributed by atoms with Crippen molar-refractivity contribution < 1.29 is 14.0 Å². The summed E-state index contributed by atoms with van der Waals surface area (Å²) in [7, 11) is 0. The lowest BCUT2D eigenvalue weighted by molar-refractivity contribution is -0.118. The molecule has 1 N–H and O–H groups in total. The van der Waals surface area contributed by atoms with Gasteiger partial charge in [-0.3, -0.25) is 9.59 Å². The Labute approximate surface area is 145 Å². The van der Waals surface area contributed by atoms with Crippen LogP contribution in [0.15, 0.2) is 52.9 Å². The number of anilines is 2. The van der Waals surface area contributed by atoms with E-state index in [2.05, 4.69) is 5.32 Å². The summed E-state index contributed by atoms with van der Waals surface area (Å²) in [5.41, 5.74) is 3.40. The molecule has 4 rings (SSSR count). The van der Waals surface area contributed by atoms with E-state index in [4.69, 9.17) is 4.42 Å². The van der Waals surface area contributed by atoms with Gasteiger partial charge >= 0.3 is 0 Å². The van der Waals surface area contributed by atoms with Crippen LogP contribution in [0.4, 0.5) is 11.4 Å². The zero-order valence-corrected chi connectivity index (χ0v) is 13.9. The fraction of sp³-hybridized carbons (Fsp3) is 0.200. The molecule has 3 aromatic rings. The number of nitrogens with one attached hydrogen (secondary N) is 1. The van der Waals surface area contributed by atoms with E-state index >= 15 is 0 Å². The molecule has 1 aromatic heterocycles. The maximum absolute atomic E-state index is 12.5. The third-order valence-corrected chi connectivity index (χ3v) is 4.50. The zero-order chi connectivity index (χ0) is 17.4. The molecule has 0 saturated heterocycles. The molecule has 5 heteroatoms. The van der Waals surface area contributed by atoms with E-state index in [1.54, 1.807) is 11.0 Å². The molecule has 0 radical (unpaired) electrons. The highest BCUT2D eigenvalue weighted by molar-refractivity contribution is 6.05. The average Bonchev–Trinajstić information content (AvgIpc) is 3.06. The Bertz CT molecular complexity index is 941. The van der Waals surface area contributed by atoms with Crippen LogP contribution in [0.5, 0.6) is 0 Å². The van der Waals surface area contributed by atoms with Crippen molar-refractivity contribution in [2.75, 3.05) is 16.8 Å². The number of carbonyl (C=O) groups excluding carboxylic acids is 2. The van der Waals surface area contributed by atoms with Gasteiger partial charge in [-0.05, 0) is 49.2 Å². The van der Waals surface area contributed by atoms with E-state index in [1.807, 2.05) is 49.4 Å².